The molecule has 3 rings (SSSR count). The number of methoxy groups -OCH3 is 2. The van der Waals surface area contributed by atoms with Crippen molar-refractivity contribution in [1.82, 2.24) is 10.2 Å². The normalized spacial score (nSPS) is 16.7. The third-order valence-corrected chi connectivity index (χ3v) is 4.35. The summed E-state index contributed by atoms with van der Waals surface area (Å²) in [5.41, 5.74) is -0.843. The molecule has 2 heterocycles. The lowest BCUT2D eigenvalue weighted by Crippen LogP contribution is -2.58. The number of esters is 1. The van der Waals surface area contributed by atoms with Gasteiger partial charge in [-0.25, -0.2) is 4.79 Å². The number of carbonyl (C=O) groups is 3. The Morgan fingerprint density at radius 2 is 2.07 bits per heavy atom. The average molecular weight is 374 g/mol. The molecule has 1 fully saturated rings. The number of carbonyl (C=O) groups excluding carboxylic acids is 3. The van der Waals surface area contributed by atoms with Crippen LogP contribution in [0.2, 0.25) is 0 Å². The number of benzene rings is 1. The number of amides is 2. The summed E-state index contributed by atoms with van der Waals surface area (Å²) in [6.07, 6.45) is -0.305. The Hall–Kier alpha value is -3.36. The maximum Gasteiger partial charge on any atom is 0.349 e. The molecule has 1 saturated heterocycles. The fourth-order valence-electron chi connectivity index (χ4n) is 2.98. The van der Waals surface area contributed by atoms with Gasteiger partial charge in [-0.3, -0.25) is 14.4 Å². The minimum absolute atomic E-state index is 0.155. The Balaban J connectivity index is 2.00. The predicted octanol–water partition coefficient (Wildman–Crippen LogP) is 0.305. The zero-order valence-corrected chi connectivity index (χ0v) is 14.8. The number of nitrogens with zero attached hydrogens (tertiary/aromatic N) is 1. The van der Waals surface area contributed by atoms with E-state index in [9.17, 15) is 19.2 Å². The molecule has 1 atom stereocenters. The van der Waals surface area contributed by atoms with E-state index >= 15 is 0 Å². The van der Waals surface area contributed by atoms with Crippen LogP contribution in [0.15, 0.2) is 33.5 Å². The summed E-state index contributed by atoms with van der Waals surface area (Å²) in [6.45, 7) is 0.372. The minimum Gasteiger partial charge on any atom is -0.493 e. The molecule has 0 radical (unpaired) electrons. The van der Waals surface area contributed by atoms with Gasteiger partial charge in [-0.1, -0.05) is 12.1 Å². The summed E-state index contributed by atoms with van der Waals surface area (Å²) in [5.74, 6) is -1.43. The molecular weight excluding hydrogens is 356 g/mol. The fraction of sp³-hybridized carbons (Fsp3) is 0.333. The quantitative estimate of drug-likeness (QED) is 0.605. The van der Waals surface area contributed by atoms with Crippen LogP contribution < -0.4 is 15.7 Å². The van der Waals surface area contributed by atoms with E-state index in [0.29, 0.717) is 11.1 Å². The van der Waals surface area contributed by atoms with Crippen molar-refractivity contribution in [2.24, 2.45) is 0 Å². The molecule has 1 unspecified atom stereocenters. The Morgan fingerprint density at radius 1 is 1.30 bits per heavy atom. The second-order valence-corrected chi connectivity index (χ2v) is 5.91. The molecule has 0 spiro atoms. The zero-order valence-electron chi connectivity index (χ0n) is 14.8. The van der Waals surface area contributed by atoms with Gasteiger partial charge in [-0.05, 0) is 12.1 Å². The summed E-state index contributed by atoms with van der Waals surface area (Å²) in [6, 6.07) is 5.34. The fourth-order valence-corrected chi connectivity index (χ4v) is 2.98. The van der Waals surface area contributed by atoms with Crippen molar-refractivity contribution in [3.05, 3.63) is 40.2 Å². The van der Waals surface area contributed by atoms with Gasteiger partial charge in [0, 0.05) is 18.5 Å². The summed E-state index contributed by atoms with van der Waals surface area (Å²) in [7, 11) is 2.64. The van der Waals surface area contributed by atoms with Gasteiger partial charge in [0.25, 0.3) is 5.91 Å². The van der Waals surface area contributed by atoms with Gasteiger partial charge in [0.1, 0.15) is 11.6 Å². The second kappa shape index (κ2) is 7.48. The van der Waals surface area contributed by atoms with E-state index in [1.807, 2.05) is 0 Å². The third kappa shape index (κ3) is 3.48. The molecule has 27 heavy (non-hydrogen) atoms. The first-order valence-electron chi connectivity index (χ1n) is 8.22. The molecular formula is C18H18N2O7. The standard InChI is InChI=1S/C18H18N2O7/c1-25-13-5-3-4-10-8-11(18(24)27-15(10)13)17(23)20-7-6-19-16(22)12(20)9-14(21)26-2/h3-5,8,12H,6-7,9H2,1-2H3,(H,19,22). The van der Waals surface area contributed by atoms with Crippen molar-refractivity contribution in [2.75, 3.05) is 27.3 Å². The van der Waals surface area contributed by atoms with Crippen LogP contribution in [-0.2, 0) is 14.3 Å². The molecule has 0 saturated carbocycles. The first-order valence-corrected chi connectivity index (χ1v) is 8.22. The molecule has 2 aromatic rings. The Labute approximate surface area is 153 Å². The number of piperazine rings is 1. The van der Waals surface area contributed by atoms with Gasteiger partial charge in [-0.2, -0.15) is 0 Å². The lowest BCUT2D eigenvalue weighted by atomic mass is 10.1. The summed E-state index contributed by atoms with van der Waals surface area (Å²) in [4.78, 5) is 50.3. The highest BCUT2D eigenvalue weighted by Gasteiger charge is 2.36. The molecule has 1 aromatic heterocycles. The molecule has 9 nitrogen and oxygen atoms in total. The average Bonchev–Trinajstić information content (AvgIpc) is 2.67. The topological polar surface area (TPSA) is 115 Å². The van der Waals surface area contributed by atoms with Gasteiger partial charge in [0.15, 0.2) is 11.3 Å². The highest BCUT2D eigenvalue weighted by Crippen LogP contribution is 2.25. The number of nitrogens with one attached hydrogen (secondary N) is 1. The van der Waals surface area contributed by atoms with Crippen molar-refractivity contribution >= 4 is 28.8 Å². The van der Waals surface area contributed by atoms with Gasteiger partial charge < -0.3 is 24.1 Å². The maximum atomic E-state index is 12.9. The number of hydrogen-bond acceptors (Lipinski definition) is 7. The van der Waals surface area contributed by atoms with E-state index in [2.05, 4.69) is 10.1 Å². The third-order valence-electron chi connectivity index (χ3n) is 4.35. The summed E-state index contributed by atoms with van der Waals surface area (Å²) >= 11 is 0. The van der Waals surface area contributed by atoms with Crippen molar-refractivity contribution < 1.29 is 28.3 Å². The molecule has 142 valence electrons. The van der Waals surface area contributed by atoms with Crippen LogP contribution in [0.4, 0.5) is 0 Å². The number of rotatable bonds is 4. The SMILES string of the molecule is COC(=O)CC1C(=O)NCCN1C(=O)c1cc2cccc(OC)c2oc1=O. The van der Waals surface area contributed by atoms with Crippen LogP contribution in [0.3, 0.4) is 0 Å². The van der Waals surface area contributed by atoms with Crippen LogP contribution in [0.25, 0.3) is 11.0 Å². The molecule has 9 heteroatoms. The molecule has 1 aromatic carbocycles. The van der Waals surface area contributed by atoms with E-state index in [1.165, 1.54) is 25.2 Å². The molecule has 1 aliphatic rings. The van der Waals surface area contributed by atoms with Crippen LogP contribution in [-0.4, -0.2) is 56.0 Å². The number of para-hydroxylation sites is 1. The van der Waals surface area contributed by atoms with Gasteiger partial charge >= 0.3 is 11.6 Å². The van der Waals surface area contributed by atoms with Crippen LogP contribution in [0.5, 0.6) is 5.75 Å². The van der Waals surface area contributed by atoms with Crippen LogP contribution in [0, 0.1) is 0 Å². The van der Waals surface area contributed by atoms with Crippen LogP contribution >= 0.6 is 0 Å². The second-order valence-electron chi connectivity index (χ2n) is 5.91. The molecule has 1 aliphatic heterocycles. The molecule has 2 amide bonds. The van der Waals surface area contributed by atoms with Crippen LogP contribution in [0.1, 0.15) is 16.8 Å². The number of ether oxygens (including phenoxy) is 2. The first kappa shape index (κ1) is 18.4. The van der Waals surface area contributed by atoms with Crippen molar-refractivity contribution in [1.29, 1.82) is 0 Å². The lowest BCUT2D eigenvalue weighted by Gasteiger charge is -2.34. The largest absolute Gasteiger partial charge is 0.493 e. The van der Waals surface area contributed by atoms with Crippen molar-refractivity contribution in [3.63, 3.8) is 0 Å². The number of fused-ring (bicyclic) bond motifs is 1. The van der Waals surface area contributed by atoms with Gasteiger partial charge in [0.2, 0.25) is 5.91 Å². The smallest absolute Gasteiger partial charge is 0.349 e. The summed E-state index contributed by atoms with van der Waals surface area (Å²) < 4.78 is 15.0. The van der Waals surface area contributed by atoms with E-state index in [-0.39, 0.29) is 30.7 Å². The summed E-state index contributed by atoms with van der Waals surface area (Å²) in [5, 5.41) is 3.10. The maximum absolute atomic E-state index is 12.9. The van der Waals surface area contributed by atoms with E-state index in [4.69, 9.17) is 9.15 Å². The Bertz CT molecular complexity index is 966. The van der Waals surface area contributed by atoms with Gasteiger partial charge in [-0.15, -0.1) is 0 Å². The molecule has 1 N–H and O–H groups in total. The highest BCUT2D eigenvalue weighted by molar-refractivity contribution is 6.01. The monoisotopic (exact) mass is 374 g/mol. The Morgan fingerprint density at radius 3 is 2.78 bits per heavy atom. The van der Waals surface area contributed by atoms with Crippen molar-refractivity contribution in [2.45, 2.75) is 12.5 Å². The molecule has 0 aliphatic carbocycles. The highest BCUT2D eigenvalue weighted by atomic mass is 16.5. The lowest BCUT2D eigenvalue weighted by molar-refractivity contribution is -0.145. The van der Waals surface area contributed by atoms with Gasteiger partial charge in [0.05, 0.1) is 20.6 Å². The minimum atomic E-state index is -1.06. The van der Waals surface area contributed by atoms with E-state index < -0.39 is 29.5 Å². The van der Waals surface area contributed by atoms with Crippen molar-refractivity contribution in [3.8, 4) is 5.75 Å². The zero-order chi connectivity index (χ0) is 19.6. The first-order chi connectivity index (χ1) is 13.0. The molecule has 0 bridgehead atoms. The predicted molar refractivity (Wildman–Crippen MR) is 93.5 cm³/mol. The Kier molecular flexibility index (Phi) is 5.11. The van der Waals surface area contributed by atoms with E-state index in [0.717, 1.165) is 0 Å². The van der Waals surface area contributed by atoms with E-state index in [1.54, 1.807) is 18.2 Å². The number of hydrogen-bond donors (Lipinski definition) is 1.